The van der Waals surface area contributed by atoms with E-state index in [0.29, 0.717) is 12.6 Å². The van der Waals surface area contributed by atoms with E-state index in [2.05, 4.69) is 0 Å². The monoisotopic (exact) mass is 186 g/mol. The predicted molar refractivity (Wildman–Crippen MR) is 50.1 cm³/mol. The number of aliphatic hydroxyl groups is 1. The lowest BCUT2D eigenvalue weighted by molar-refractivity contribution is -0.119. The van der Waals surface area contributed by atoms with Crippen molar-refractivity contribution in [3.63, 3.8) is 0 Å². The van der Waals surface area contributed by atoms with E-state index in [1.54, 1.807) is 0 Å². The van der Waals surface area contributed by atoms with E-state index < -0.39 is 0 Å². The van der Waals surface area contributed by atoms with Gasteiger partial charge in [-0.05, 0) is 12.8 Å². The lowest BCUT2D eigenvalue weighted by Gasteiger charge is -2.26. The molecule has 0 saturated heterocycles. The molecule has 0 aromatic rings. The minimum absolute atomic E-state index is 0.101. The molecule has 0 aromatic carbocycles. The van der Waals surface area contributed by atoms with Crippen LogP contribution in [0.4, 0.5) is 0 Å². The standard InChI is InChI=1S/C9H18N2O2/c10-9(13)7-11(5-6-12)8-3-1-2-4-8/h8,12H,1-7H2,(H2,10,13). The van der Waals surface area contributed by atoms with Crippen LogP contribution in [0.15, 0.2) is 0 Å². The van der Waals surface area contributed by atoms with Crippen LogP contribution in [-0.2, 0) is 4.79 Å². The first-order valence-corrected chi connectivity index (χ1v) is 4.87. The summed E-state index contributed by atoms with van der Waals surface area (Å²) in [5, 5.41) is 8.82. The van der Waals surface area contributed by atoms with Gasteiger partial charge in [-0.2, -0.15) is 0 Å². The fraction of sp³-hybridized carbons (Fsp3) is 0.889. The molecule has 3 N–H and O–H groups in total. The highest BCUT2D eigenvalue weighted by Gasteiger charge is 2.22. The van der Waals surface area contributed by atoms with Gasteiger partial charge in [0.25, 0.3) is 0 Å². The molecule has 1 fully saturated rings. The molecule has 0 aromatic heterocycles. The van der Waals surface area contributed by atoms with Gasteiger partial charge in [0.1, 0.15) is 0 Å². The third-order valence-electron chi connectivity index (χ3n) is 2.59. The van der Waals surface area contributed by atoms with Gasteiger partial charge in [0, 0.05) is 12.6 Å². The number of hydrogen-bond donors (Lipinski definition) is 2. The van der Waals surface area contributed by atoms with Gasteiger partial charge >= 0.3 is 0 Å². The zero-order valence-corrected chi connectivity index (χ0v) is 7.91. The minimum atomic E-state index is -0.305. The fourth-order valence-corrected chi connectivity index (χ4v) is 1.99. The van der Waals surface area contributed by atoms with Gasteiger partial charge in [0.15, 0.2) is 0 Å². The number of rotatable bonds is 5. The number of primary amides is 1. The van der Waals surface area contributed by atoms with Crippen molar-refractivity contribution in [3.8, 4) is 0 Å². The summed E-state index contributed by atoms with van der Waals surface area (Å²) in [5.74, 6) is -0.305. The van der Waals surface area contributed by atoms with Gasteiger partial charge in [-0.1, -0.05) is 12.8 Å². The van der Waals surface area contributed by atoms with Crippen LogP contribution in [0.5, 0.6) is 0 Å². The first kappa shape index (κ1) is 10.5. The van der Waals surface area contributed by atoms with Crippen LogP contribution in [0.25, 0.3) is 0 Å². The Labute approximate surface area is 78.7 Å². The van der Waals surface area contributed by atoms with Gasteiger partial charge in [0.05, 0.1) is 13.2 Å². The SMILES string of the molecule is NC(=O)CN(CCO)C1CCCC1. The maximum Gasteiger partial charge on any atom is 0.231 e. The van der Waals surface area contributed by atoms with Gasteiger partial charge in [0.2, 0.25) is 5.91 Å². The molecule has 1 aliphatic carbocycles. The van der Waals surface area contributed by atoms with Crippen molar-refractivity contribution in [2.45, 2.75) is 31.7 Å². The van der Waals surface area contributed by atoms with E-state index >= 15 is 0 Å². The largest absolute Gasteiger partial charge is 0.395 e. The lowest BCUT2D eigenvalue weighted by Crippen LogP contribution is -2.41. The summed E-state index contributed by atoms with van der Waals surface area (Å²) in [6, 6.07) is 0.458. The van der Waals surface area contributed by atoms with Crippen LogP contribution < -0.4 is 5.73 Å². The van der Waals surface area contributed by atoms with Crippen molar-refractivity contribution in [1.82, 2.24) is 4.90 Å². The van der Waals surface area contributed by atoms with Crippen molar-refractivity contribution < 1.29 is 9.90 Å². The molecule has 1 amide bonds. The number of carbonyl (C=O) groups is 1. The van der Waals surface area contributed by atoms with Gasteiger partial charge in [-0.15, -0.1) is 0 Å². The molecule has 0 spiro atoms. The molecule has 0 unspecified atom stereocenters. The Morgan fingerprint density at radius 1 is 1.46 bits per heavy atom. The number of nitrogens with zero attached hydrogens (tertiary/aromatic N) is 1. The second-order valence-corrected chi connectivity index (χ2v) is 3.60. The molecule has 13 heavy (non-hydrogen) atoms. The molecule has 1 saturated carbocycles. The summed E-state index contributed by atoms with van der Waals surface area (Å²) in [7, 11) is 0. The van der Waals surface area contributed by atoms with E-state index in [4.69, 9.17) is 10.8 Å². The van der Waals surface area contributed by atoms with Crippen LogP contribution in [0.2, 0.25) is 0 Å². The summed E-state index contributed by atoms with van der Waals surface area (Å²) < 4.78 is 0. The van der Waals surface area contributed by atoms with Crippen molar-refractivity contribution in [1.29, 1.82) is 0 Å². The van der Waals surface area contributed by atoms with Crippen molar-refractivity contribution in [2.75, 3.05) is 19.7 Å². The van der Waals surface area contributed by atoms with Crippen LogP contribution in [-0.4, -0.2) is 41.7 Å². The quantitative estimate of drug-likeness (QED) is 0.620. The number of carbonyl (C=O) groups excluding carboxylic acids is 1. The molecule has 0 heterocycles. The second-order valence-electron chi connectivity index (χ2n) is 3.60. The Hall–Kier alpha value is -0.610. The average molecular weight is 186 g/mol. The van der Waals surface area contributed by atoms with E-state index in [1.165, 1.54) is 12.8 Å². The maximum absolute atomic E-state index is 10.7. The van der Waals surface area contributed by atoms with Crippen molar-refractivity contribution in [3.05, 3.63) is 0 Å². The minimum Gasteiger partial charge on any atom is -0.395 e. The van der Waals surface area contributed by atoms with Crippen LogP contribution in [0.1, 0.15) is 25.7 Å². The highest BCUT2D eigenvalue weighted by atomic mass is 16.3. The summed E-state index contributed by atoms with van der Waals surface area (Å²) in [6.45, 7) is 0.947. The molecule has 1 aliphatic rings. The summed E-state index contributed by atoms with van der Waals surface area (Å²) in [5.41, 5.74) is 5.13. The highest BCUT2D eigenvalue weighted by molar-refractivity contribution is 5.75. The molecular formula is C9H18N2O2. The van der Waals surface area contributed by atoms with E-state index in [-0.39, 0.29) is 19.1 Å². The normalized spacial score (nSPS) is 18.3. The molecular weight excluding hydrogens is 168 g/mol. The Bertz CT molecular complexity index is 167. The fourth-order valence-electron chi connectivity index (χ4n) is 1.99. The number of amides is 1. The third kappa shape index (κ3) is 3.32. The Kier molecular flexibility index (Phi) is 4.18. The summed E-state index contributed by atoms with van der Waals surface area (Å²) >= 11 is 0. The van der Waals surface area contributed by atoms with E-state index in [1.807, 2.05) is 4.90 Å². The second kappa shape index (κ2) is 5.19. The maximum atomic E-state index is 10.7. The molecule has 0 aliphatic heterocycles. The Morgan fingerprint density at radius 2 is 2.08 bits per heavy atom. The molecule has 1 rings (SSSR count). The first-order valence-electron chi connectivity index (χ1n) is 4.87. The smallest absolute Gasteiger partial charge is 0.231 e. The van der Waals surface area contributed by atoms with Gasteiger partial charge < -0.3 is 10.8 Å². The van der Waals surface area contributed by atoms with Crippen molar-refractivity contribution in [2.24, 2.45) is 5.73 Å². The molecule has 0 bridgehead atoms. The average Bonchev–Trinajstić information content (AvgIpc) is 2.54. The van der Waals surface area contributed by atoms with Crippen molar-refractivity contribution >= 4 is 5.91 Å². The zero-order valence-electron chi connectivity index (χ0n) is 7.91. The van der Waals surface area contributed by atoms with E-state index in [0.717, 1.165) is 12.8 Å². The predicted octanol–water partition coefficient (Wildman–Crippen LogP) is -0.291. The topological polar surface area (TPSA) is 66.6 Å². The molecule has 0 radical (unpaired) electrons. The zero-order chi connectivity index (χ0) is 9.68. The van der Waals surface area contributed by atoms with Crippen LogP contribution >= 0.6 is 0 Å². The molecule has 76 valence electrons. The first-order chi connectivity index (χ1) is 6.24. The number of nitrogens with two attached hydrogens (primary N) is 1. The van der Waals surface area contributed by atoms with Gasteiger partial charge in [-0.25, -0.2) is 0 Å². The molecule has 0 atom stereocenters. The third-order valence-corrected chi connectivity index (χ3v) is 2.59. The Balaban J connectivity index is 2.39. The molecule has 4 heteroatoms. The van der Waals surface area contributed by atoms with E-state index in [9.17, 15) is 4.79 Å². The van der Waals surface area contributed by atoms with Crippen LogP contribution in [0, 0.1) is 0 Å². The molecule has 4 nitrogen and oxygen atoms in total. The number of hydrogen-bond acceptors (Lipinski definition) is 3. The lowest BCUT2D eigenvalue weighted by atomic mass is 10.2. The van der Waals surface area contributed by atoms with Crippen LogP contribution in [0.3, 0.4) is 0 Å². The summed E-state index contributed by atoms with van der Waals surface area (Å²) in [4.78, 5) is 12.7. The summed E-state index contributed by atoms with van der Waals surface area (Å²) in [6.07, 6.45) is 4.72. The highest BCUT2D eigenvalue weighted by Crippen LogP contribution is 2.22. The Morgan fingerprint density at radius 3 is 2.54 bits per heavy atom. The van der Waals surface area contributed by atoms with Gasteiger partial charge in [-0.3, -0.25) is 9.69 Å². The number of aliphatic hydroxyl groups excluding tert-OH is 1.